The van der Waals surface area contributed by atoms with E-state index in [4.69, 9.17) is 9.47 Å². The van der Waals surface area contributed by atoms with Crippen LogP contribution >= 0.6 is 0 Å². The molecule has 3 nitrogen and oxygen atoms in total. The van der Waals surface area contributed by atoms with Crippen LogP contribution in [0.25, 0.3) is 0 Å². The molecule has 0 radical (unpaired) electrons. The van der Waals surface area contributed by atoms with Crippen molar-refractivity contribution in [3.05, 3.63) is 0 Å². The molecule has 0 aliphatic carbocycles. The van der Waals surface area contributed by atoms with E-state index in [1.165, 1.54) is 0 Å². The van der Waals surface area contributed by atoms with Crippen LogP contribution < -0.4 is 5.32 Å². The molecule has 0 aliphatic heterocycles. The van der Waals surface area contributed by atoms with Crippen LogP contribution in [0.15, 0.2) is 0 Å². The highest BCUT2D eigenvalue weighted by atomic mass is 16.5. The zero-order valence-corrected chi connectivity index (χ0v) is 10.0. The Kier molecular flexibility index (Phi) is 9.35. The van der Waals surface area contributed by atoms with Gasteiger partial charge in [0.1, 0.15) is 0 Å². The van der Waals surface area contributed by atoms with E-state index in [9.17, 15) is 0 Å². The Hall–Kier alpha value is -0.120. The van der Waals surface area contributed by atoms with Crippen molar-refractivity contribution in [3.63, 3.8) is 0 Å². The Morgan fingerprint density at radius 1 is 1.14 bits per heavy atom. The van der Waals surface area contributed by atoms with Crippen LogP contribution in [-0.2, 0) is 9.47 Å². The third kappa shape index (κ3) is 9.96. The fourth-order valence-electron chi connectivity index (χ4n) is 1.04. The first-order chi connectivity index (χ1) is 6.66. The van der Waals surface area contributed by atoms with E-state index < -0.39 is 0 Å². The Morgan fingerprint density at radius 2 is 1.86 bits per heavy atom. The topological polar surface area (TPSA) is 30.5 Å². The van der Waals surface area contributed by atoms with Gasteiger partial charge in [-0.1, -0.05) is 13.8 Å². The van der Waals surface area contributed by atoms with Gasteiger partial charge in [0, 0.05) is 26.8 Å². The van der Waals surface area contributed by atoms with Crippen LogP contribution in [0.1, 0.15) is 27.2 Å². The summed E-state index contributed by atoms with van der Waals surface area (Å²) in [6, 6.07) is 0. The van der Waals surface area contributed by atoms with E-state index >= 15 is 0 Å². The Balaban J connectivity index is 3.15. The molecule has 14 heavy (non-hydrogen) atoms. The lowest BCUT2D eigenvalue weighted by molar-refractivity contribution is 0.0575. The summed E-state index contributed by atoms with van der Waals surface area (Å²) in [5, 5.41) is 3.27. The number of hydrogen-bond donors (Lipinski definition) is 1. The predicted octanol–water partition coefficient (Wildman–Crippen LogP) is 1.67. The molecule has 0 aromatic carbocycles. The Labute approximate surface area is 88.2 Å². The summed E-state index contributed by atoms with van der Waals surface area (Å²) in [7, 11) is 1.71. The van der Waals surface area contributed by atoms with Crippen LogP contribution in [0, 0.1) is 5.92 Å². The maximum Gasteiger partial charge on any atom is 0.0671 e. The zero-order chi connectivity index (χ0) is 10.8. The lowest BCUT2D eigenvalue weighted by Gasteiger charge is -2.14. The van der Waals surface area contributed by atoms with Crippen molar-refractivity contribution in [3.8, 4) is 0 Å². The van der Waals surface area contributed by atoms with Gasteiger partial charge in [-0.15, -0.1) is 0 Å². The van der Waals surface area contributed by atoms with E-state index in [-0.39, 0.29) is 0 Å². The van der Waals surface area contributed by atoms with Gasteiger partial charge >= 0.3 is 0 Å². The lowest BCUT2D eigenvalue weighted by Crippen LogP contribution is -2.29. The minimum atomic E-state index is 0.297. The molecule has 0 aromatic rings. The highest BCUT2D eigenvalue weighted by Gasteiger charge is 2.01. The molecule has 0 bridgehead atoms. The molecule has 0 aliphatic rings. The maximum atomic E-state index is 5.63. The number of rotatable bonds is 9. The highest BCUT2D eigenvalue weighted by molar-refractivity contribution is 4.55. The molecular weight excluding hydrogens is 178 g/mol. The van der Waals surface area contributed by atoms with Crippen LogP contribution in [0.4, 0.5) is 0 Å². The summed E-state index contributed by atoms with van der Waals surface area (Å²) in [5.74, 6) is 0.726. The molecule has 0 fully saturated rings. The fourth-order valence-corrected chi connectivity index (χ4v) is 1.04. The van der Waals surface area contributed by atoms with Gasteiger partial charge in [0.25, 0.3) is 0 Å². The fraction of sp³-hybridized carbons (Fsp3) is 1.00. The van der Waals surface area contributed by atoms with Gasteiger partial charge in [-0.05, 0) is 19.3 Å². The second-order valence-corrected chi connectivity index (χ2v) is 4.06. The molecule has 0 saturated carbocycles. The number of hydrogen-bond acceptors (Lipinski definition) is 3. The molecule has 1 N–H and O–H groups in total. The summed E-state index contributed by atoms with van der Waals surface area (Å²) >= 11 is 0. The number of ether oxygens (including phenoxy) is 2. The lowest BCUT2D eigenvalue weighted by atomic mass is 10.1. The van der Waals surface area contributed by atoms with Crippen molar-refractivity contribution in [2.75, 3.05) is 33.4 Å². The largest absolute Gasteiger partial charge is 0.383 e. The maximum absolute atomic E-state index is 5.63. The minimum Gasteiger partial charge on any atom is -0.383 e. The summed E-state index contributed by atoms with van der Waals surface area (Å²) < 4.78 is 10.6. The first kappa shape index (κ1) is 13.9. The van der Waals surface area contributed by atoms with Gasteiger partial charge in [-0.25, -0.2) is 0 Å². The van der Waals surface area contributed by atoms with Gasteiger partial charge in [0.05, 0.1) is 12.7 Å². The minimum absolute atomic E-state index is 0.297. The van der Waals surface area contributed by atoms with Crippen molar-refractivity contribution in [2.45, 2.75) is 33.3 Å². The SMILES string of the molecule is COCCNCC(C)OCCC(C)C. The van der Waals surface area contributed by atoms with Gasteiger partial charge in [-0.3, -0.25) is 0 Å². The van der Waals surface area contributed by atoms with E-state index in [2.05, 4.69) is 26.1 Å². The zero-order valence-electron chi connectivity index (χ0n) is 10.0. The monoisotopic (exact) mass is 203 g/mol. The van der Waals surface area contributed by atoms with Gasteiger partial charge in [0.15, 0.2) is 0 Å². The van der Waals surface area contributed by atoms with Crippen LogP contribution in [0.5, 0.6) is 0 Å². The molecule has 0 aromatic heterocycles. The molecule has 86 valence electrons. The average molecular weight is 203 g/mol. The molecule has 0 saturated heterocycles. The average Bonchev–Trinajstić information content (AvgIpc) is 2.12. The second kappa shape index (κ2) is 9.44. The van der Waals surface area contributed by atoms with Gasteiger partial charge in [0.2, 0.25) is 0 Å². The van der Waals surface area contributed by atoms with E-state index in [0.29, 0.717) is 6.10 Å². The van der Waals surface area contributed by atoms with Crippen molar-refractivity contribution >= 4 is 0 Å². The number of methoxy groups -OCH3 is 1. The quantitative estimate of drug-likeness (QED) is 0.578. The first-order valence-corrected chi connectivity index (χ1v) is 5.48. The smallest absolute Gasteiger partial charge is 0.0671 e. The number of nitrogens with one attached hydrogen (secondary N) is 1. The third-order valence-corrected chi connectivity index (χ3v) is 2.01. The third-order valence-electron chi connectivity index (χ3n) is 2.01. The van der Waals surface area contributed by atoms with Gasteiger partial charge < -0.3 is 14.8 Å². The Bertz CT molecular complexity index is 118. The summed E-state index contributed by atoms with van der Waals surface area (Å²) in [5.41, 5.74) is 0. The summed E-state index contributed by atoms with van der Waals surface area (Å²) in [6.07, 6.45) is 1.44. The molecule has 0 rings (SSSR count). The molecule has 0 heterocycles. The van der Waals surface area contributed by atoms with E-state index in [1.807, 2.05) is 0 Å². The molecule has 1 unspecified atom stereocenters. The molecule has 3 heteroatoms. The Morgan fingerprint density at radius 3 is 2.43 bits per heavy atom. The second-order valence-electron chi connectivity index (χ2n) is 4.06. The highest BCUT2D eigenvalue weighted by Crippen LogP contribution is 2.00. The van der Waals surface area contributed by atoms with Crippen molar-refractivity contribution in [1.29, 1.82) is 0 Å². The van der Waals surface area contributed by atoms with Crippen molar-refractivity contribution in [1.82, 2.24) is 5.32 Å². The molecule has 0 spiro atoms. The van der Waals surface area contributed by atoms with Crippen LogP contribution in [0.3, 0.4) is 0 Å². The van der Waals surface area contributed by atoms with Crippen molar-refractivity contribution in [2.24, 2.45) is 5.92 Å². The first-order valence-electron chi connectivity index (χ1n) is 5.48. The van der Waals surface area contributed by atoms with E-state index in [1.54, 1.807) is 7.11 Å². The molecule has 0 amide bonds. The summed E-state index contributed by atoms with van der Waals surface area (Å²) in [6.45, 7) is 9.95. The predicted molar refractivity (Wildman–Crippen MR) is 59.6 cm³/mol. The van der Waals surface area contributed by atoms with Gasteiger partial charge in [-0.2, -0.15) is 0 Å². The standard InChI is InChI=1S/C11H25NO2/c1-10(2)5-7-14-11(3)9-12-6-8-13-4/h10-12H,5-9H2,1-4H3. The van der Waals surface area contributed by atoms with Crippen LogP contribution in [0.2, 0.25) is 0 Å². The summed E-state index contributed by atoms with van der Waals surface area (Å²) in [4.78, 5) is 0. The molecular formula is C11H25NO2. The van der Waals surface area contributed by atoms with E-state index in [0.717, 1.165) is 38.6 Å². The van der Waals surface area contributed by atoms with Crippen LogP contribution in [-0.4, -0.2) is 39.5 Å². The molecule has 1 atom stereocenters. The van der Waals surface area contributed by atoms with Crippen molar-refractivity contribution < 1.29 is 9.47 Å². The normalized spacial score (nSPS) is 13.5.